The van der Waals surface area contributed by atoms with Crippen LogP contribution in [0.2, 0.25) is 0 Å². The van der Waals surface area contributed by atoms with Gasteiger partial charge >= 0.3 is 0 Å². The summed E-state index contributed by atoms with van der Waals surface area (Å²) in [5.74, 6) is 0. The third-order valence-electron chi connectivity index (χ3n) is 5.78. The second-order valence-corrected chi connectivity index (χ2v) is 8.24. The SMILES string of the molecule is CCN(CC)CCCCC1(O)c2ccccc2-c2sc3ccccc3c21. The van der Waals surface area contributed by atoms with Crippen LogP contribution in [0.25, 0.3) is 20.5 Å². The van der Waals surface area contributed by atoms with Gasteiger partial charge in [-0.2, -0.15) is 0 Å². The van der Waals surface area contributed by atoms with E-state index in [1.165, 1.54) is 20.5 Å². The second-order valence-electron chi connectivity index (χ2n) is 7.19. The van der Waals surface area contributed by atoms with Gasteiger partial charge in [0, 0.05) is 15.1 Å². The van der Waals surface area contributed by atoms with Crippen LogP contribution in [-0.4, -0.2) is 29.6 Å². The molecular formula is C23H27NOS. The van der Waals surface area contributed by atoms with E-state index in [4.69, 9.17) is 0 Å². The topological polar surface area (TPSA) is 23.5 Å². The summed E-state index contributed by atoms with van der Waals surface area (Å²) in [6, 6.07) is 16.9. The van der Waals surface area contributed by atoms with Crippen molar-refractivity contribution in [2.45, 2.75) is 38.7 Å². The van der Waals surface area contributed by atoms with Crippen molar-refractivity contribution in [2.75, 3.05) is 19.6 Å². The van der Waals surface area contributed by atoms with Gasteiger partial charge in [0.25, 0.3) is 0 Å². The van der Waals surface area contributed by atoms with Crippen LogP contribution in [0.1, 0.15) is 44.2 Å². The maximum atomic E-state index is 11.9. The zero-order valence-electron chi connectivity index (χ0n) is 15.7. The van der Waals surface area contributed by atoms with Gasteiger partial charge in [0.1, 0.15) is 5.60 Å². The third kappa shape index (κ3) is 2.79. The molecule has 2 aromatic carbocycles. The number of hydrogen-bond donors (Lipinski definition) is 1. The number of nitrogens with zero attached hydrogens (tertiary/aromatic N) is 1. The van der Waals surface area contributed by atoms with Gasteiger partial charge in [-0.1, -0.05) is 56.3 Å². The van der Waals surface area contributed by atoms with E-state index >= 15 is 0 Å². The highest BCUT2D eigenvalue weighted by Gasteiger charge is 2.43. The summed E-state index contributed by atoms with van der Waals surface area (Å²) in [5.41, 5.74) is 2.60. The third-order valence-corrected chi connectivity index (χ3v) is 6.99. The number of hydrogen-bond acceptors (Lipinski definition) is 3. The van der Waals surface area contributed by atoms with Gasteiger partial charge in [0.2, 0.25) is 0 Å². The number of thiophene rings is 1. The number of fused-ring (bicyclic) bond motifs is 5. The lowest BCUT2D eigenvalue weighted by atomic mass is 9.85. The summed E-state index contributed by atoms with van der Waals surface area (Å²) in [6.45, 7) is 7.75. The Bertz CT molecular complexity index is 911. The summed E-state index contributed by atoms with van der Waals surface area (Å²) >= 11 is 1.81. The van der Waals surface area contributed by atoms with E-state index in [2.05, 4.69) is 67.3 Å². The van der Waals surface area contributed by atoms with E-state index in [0.29, 0.717) is 0 Å². The van der Waals surface area contributed by atoms with Crippen molar-refractivity contribution in [3.05, 3.63) is 59.7 Å². The van der Waals surface area contributed by atoms with Crippen molar-refractivity contribution < 1.29 is 5.11 Å². The van der Waals surface area contributed by atoms with Crippen LogP contribution in [0.15, 0.2) is 48.5 Å². The molecule has 4 rings (SSSR count). The quantitative estimate of drug-likeness (QED) is 0.549. The molecule has 0 amide bonds. The van der Waals surface area contributed by atoms with Crippen molar-refractivity contribution in [3.63, 3.8) is 0 Å². The first-order chi connectivity index (χ1) is 12.7. The van der Waals surface area contributed by atoms with Crippen molar-refractivity contribution in [3.8, 4) is 10.4 Å². The van der Waals surface area contributed by atoms with Crippen LogP contribution in [0.3, 0.4) is 0 Å². The molecule has 26 heavy (non-hydrogen) atoms. The van der Waals surface area contributed by atoms with E-state index in [9.17, 15) is 5.11 Å². The van der Waals surface area contributed by atoms with Crippen LogP contribution in [-0.2, 0) is 5.60 Å². The molecule has 0 saturated heterocycles. The second kappa shape index (κ2) is 7.15. The average Bonchev–Trinajstić information content (AvgIpc) is 3.18. The Balaban J connectivity index is 1.67. The van der Waals surface area contributed by atoms with Gasteiger partial charge in [0.05, 0.1) is 0 Å². The number of unbranched alkanes of at least 4 members (excludes halogenated alkanes) is 1. The van der Waals surface area contributed by atoms with Crippen molar-refractivity contribution >= 4 is 21.4 Å². The molecule has 1 aromatic heterocycles. The van der Waals surface area contributed by atoms with Gasteiger partial charge < -0.3 is 10.0 Å². The molecule has 0 fully saturated rings. The molecule has 1 N–H and O–H groups in total. The lowest BCUT2D eigenvalue weighted by molar-refractivity contribution is 0.0734. The number of aliphatic hydroxyl groups is 1. The predicted molar refractivity (Wildman–Crippen MR) is 112 cm³/mol. The van der Waals surface area contributed by atoms with Crippen molar-refractivity contribution in [1.29, 1.82) is 0 Å². The monoisotopic (exact) mass is 365 g/mol. The molecule has 1 aliphatic rings. The van der Waals surface area contributed by atoms with Gasteiger partial charge in [-0.3, -0.25) is 0 Å². The van der Waals surface area contributed by atoms with Gasteiger partial charge in [-0.25, -0.2) is 0 Å². The largest absolute Gasteiger partial charge is 0.380 e. The van der Waals surface area contributed by atoms with Crippen molar-refractivity contribution in [1.82, 2.24) is 4.90 Å². The summed E-state index contributed by atoms with van der Waals surface area (Å²) in [6.07, 6.45) is 2.95. The molecule has 136 valence electrons. The zero-order valence-corrected chi connectivity index (χ0v) is 16.5. The molecule has 0 radical (unpaired) electrons. The highest BCUT2D eigenvalue weighted by Crippen LogP contribution is 2.55. The Morgan fingerprint density at radius 2 is 1.69 bits per heavy atom. The lowest BCUT2D eigenvalue weighted by Gasteiger charge is -2.26. The summed E-state index contributed by atoms with van der Waals surface area (Å²) in [4.78, 5) is 3.71. The predicted octanol–water partition coefficient (Wildman–Crippen LogP) is 5.63. The first-order valence-electron chi connectivity index (χ1n) is 9.75. The minimum Gasteiger partial charge on any atom is -0.380 e. The zero-order chi connectivity index (χ0) is 18.1. The van der Waals surface area contributed by atoms with E-state index in [-0.39, 0.29) is 0 Å². The number of benzene rings is 2. The Morgan fingerprint density at radius 3 is 2.50 bits per heavy atom. The molecule has 3 aromatic rings. The fraction of sp³-hybridized carbons (Fsp3) is 0.391. The van der Waals surface area contributed by atoms with Crippen LogP contribution >= 0.6 is 11.3 Å². The maximum absolute atomic E-state index is 11.9. The fourth-order valence-electron chi connectivity index (χ4n) is 4.34. The van der Waals surface area contributed by atoms with Gasteiger partial charge in [-0.05, 0) is 61.5 Å². The van der Waals surface area contributed by atoms with Crippen LogP contribution in [0, 0.1) is 0 Å². The molecule has 0 aliphatic heterocycles. The standard InChI is InChI=1S/C23H27NOS/c1-3-24(4-2)16-10-9-15-23(25)19-13-7-5-11-17(19)22-21(23)18-12-6-8-14-20(18)26-22/h5-8,11-14,25H,3-4,9-10,15-16H2,1-2H3. The normalized spacial score (nSPS) is 18.5. The molecule has 3 heteroatoms. The molecule has 1 atom stereocenters. The lowest BCUT2D eigenvalue weighted by Crippen LogP contribution is -2.26. The molecular weight excluding hydrogens is 338 g/mol. The highest BCUT2D eigenvalue weighted by molar-refractivity contribution is 7.22. The molecule has 2 nitrogen and oxygen atoms in total. The summed E-state index contributed by atoms with van der Waals surface area (Å²) in [5, 5.41) is 13.1. The Hall–Kier alpha value is -1.68. The molecule has 0 saturated carbocycles. The molecule has 1 aliphatic carbocycles. The number of rotatable bonds is 7. The van der Waals surface area contributed by atoms with Crippen LogP contribution in [0.4, 0.5) is 0 Å². The van der Waals surface area contributed by atoms with Gasteiger partial charge in [-0.15, -0.1) is 11.3 Å². The van der Waals surface area contributed by atoms with Crippen LogP contribution in [0.5, 0.6) is 0 Å². The summed E-state index contributed by atoms with van der Waals surface area (Å²) in [7, 11) is 0. The molecule has 0 spiro atoms. The van der Waals surface area contributed by atoms with Crippen molar-refractivity contribution in [2.24, 2.45) is 0 Å². The average molecular weight is 366 g/mol. The Kier molecular flexibility index (Phi) is 4.87. The van der Waals surface area contributed by atoms with Gasteiger partial charge in [0.15, 0.2) is 0 Å². The minimum absolute atomic E-state index is 0.791. The summed E-state index contributed by atoms with van der Waals surface area (Å²) < 4.78 is 1.27. The van der Waals surface area contributed by atoms with E-state index in [0.717, 1.165) is 50.0 Å². The first kappa shape index (κ1) is 17.7. The Morgan fingerprint density at radius 1 is 0.962 bits per heavy atom. The minimum atomic E-state index is -0.852. The smallest absolute Gasteiger partial charge is 0.117 e. The van der Waals surface area contributed by atoms with Crippen LogP contribution < -0.4 is 0 Å². The molecule has 1 heterocycles. The molecule has 1 unspecified atom stereocenters. The highest BCUT2D eigenvalue weighted by atomic mass is 32.1. The van der Waals surface area contributed by atoms with E-state index in [1.807, 2.05) is 11.3 Å². The fourth-order valence-corrected chi connectivity index (χ4v) is 5.65. The maximum Gasteiger partial charge on any atom is 0.117 e. The van der Waals surface area contributed by atoms with E-state index in [1.54, 1.807) is 0 Å². The first-order valence-corrected chi connectivity index (χ1v) is 10.6. The molecule has 0 bridgehead atoms. The Labute approximate surface area is 160 Å². The van der Waals surface area contributed by atoms with E-state index < -0.39 is 5.60 Å².